The van der Waals surface area contributed by atoms with Gasteiger partial charge in [0.05, 0.1) is 23.4 Å². The molecule has 0 aliphatic carbocycles. The number of aliphatic imine (C=N–C) groups is 1. The van der Waals surface area contributed by atoms with Crippen LogP contribution in [0, 0.1) is 0 Å². The minimum Gasteiger partial charge on any atom is -0.457 e. The summed E-state index contributed by atoms with van der Waals surface area (Å²) in [5, 5.41) is 0. The van der Waals surface area contributed by atoms with Gasteiger partial charge in [-0.15, -0.1) is 0 Å². The number of fused-ring (bicyclic) bond motifs is 1. The van der Waals surface area contributed by atoms with Crippen LogP contribution in [0.25, 0.3) is 11.1 Å². The van der Waals surface area contributed by atoms with Gasteiger partial charge in [0.25, 0.3) is 5.91 Å². The maximum Gasteiger partial charge on any atom is 0.416 e. The Kier molecular flexibility index (Phi) is 10.4. The second-order valence-electron chi connectivity index (χ2n) is 12.9. The predicted octanol–water partition coefficient (Wildman–Crippen LogP) is 9.25. The Balaban J connectivity index is 1.41. The lowest BCUT2D eigenvalue weighted by Gasteiger charge is -2.36. The van der Waals surface area contributed by atoms with Gasteiger partial charge in [0.15, 0.2) is 6.29 Å². The standard InChI is InChI=1S/C38H32F6N2O5/c1-36(2,3)51-35(49)46-21-27-16-31(50-32-19-28(37(39,40)41)18-29(20-32)38(42,43)44)14-13-26(27)17-33(46)34(48)45-30(22-47)15-23-9-11-25(12-10-23)24-7-5-4-6-8-24/h4-14,16,18-20,22,33H,15,17,21H2,1-3H3/b45-30-. The van der Waals surface area contributed by atoms with Crippen molar-refractivity contribution in [2.45, 2.75) is 64.2 Å². The van der Waals surface area contributed by atoms with Gasteiger partial charge in [-0.05, 0) is 78.9 Å². The number of halogens is 6. The molecule has 1 aliphatic heterocycles. The molecule has 4 aromatic rings. The number of alkyl halides is 6. The van der Waals surface area contributed by atoms with Crippen molar-refractivity contribution >= 4 is 24.0 Å². The number of hydrogen-bond acceptors (Lipinski definition) is 5. The number of hydrogen-bond donors (Lipinski definition) is 0. The minimum atomic E-state index is -5.07. The molecule has 0 spiro atoms. The Hall–Kier alpha value is -5.46. The second kappa shape index (κ2) is 14.4. The quantitative estimate of drug-likeness (QED) is 0.109. The molecule has 0 saturated carbocycles. The van der Waals surface area contributed by atoms with Crippen molar-refractivity contribution < 1.29 is 50.2 Å². The average Bonchev–Trinajstić information content (AvgIpc) is 3.06. The van der Waals surface area contributed by atoms with Crippen LogP contribution in [0.4, 0.5) is 31.1 Å². The molecular weight excluding hydrogens is 678 g/mol. The van der Waals surface area contributed by atoms with Gasteiger partial charge in [0.1, 0.15) is 23.1 Å². The van der Waals surface area contributed by atoms with Gasteiger partial charge in [0, 0.05) is 12.8 Å². The molecule has 1 heterocycles. The van der Waals surface area contributed by atoms with E-state index in [9.17, 15) is 40.7 Å². The Labute approximate surface area is 289 Å². The van der Waals surface area contributed by atoms with Crippen LogP contribution in [0.5, 0.6) is 11.5 Å². The zero-order chi connectivity index (χ0) is 37.1. The smallest absolute Gasteiger partial charge is 0.416 e. The highest BCUT2D eigenvalue weighted by Crippen LogP contribution is 2.40. The van der Waals surface area contributed by atoms with Crippen LogP contribution in [-0.2, 0) is 46.1 Å². The zero-order valence-electron chi connectivity index (χ0n) is 27.6. The van der Waals surface area contributed by atoms with Gasteiger partial charge in [-0.2, -0.15) is 26.3 Å². The molecule has 13 heteroatoms. The highest BCUT2D eigenvalue weighted by Gasteiger charge is 2.39. The fraction of sp³-hybridized carbons (Fsp3) is 0.263. The summed E-state index contributed by atoms with van der Waals surface area (Å²) in [7, 11) is 0. The third kappa shape index (κ3) is 9.41. The number of amides is 2. The molecule has 0 fully saturated rings. The summed E-state index contributed by atoms with van der Waals surface area (Å²) in [6.07, 6.45) is -10.6. The monoisotopic (exact) mass is 710 g/mol. The largest absolute Gasteiger partial charge is 0.457 e. The summed E-state index contributed by atoms with van der Waals surface area (Å²) >= 11 is 0. The van der Waals surface area contributed by atoms with Gasteiger partial charge in [0.2, 0.25) is 0 Å². The number of benzene rings is 4. The van der Waals surface area contributed by atoms with Crippen molar-refractivity contribution in [2.24, 2.45) is 4.99 Å². The molecule has 2 amide bonds. The van der Waals surface area contributed by atoms with E-state index in [4.69, 9.17) is 9.47 Å². The molecule has 5 rings (SSSR count). The molecular formula is C38H32F6N2O5. The first kappa shape index (κ1) is 36.8. The zero-order valence-corrected chi connectivity index (χ0v) is 27.6. The number of aldehydes is 1. The molecule has 0 radical (unpaired) electrons. The Morgan fingerprint density at radius 3 is 1.96 bits per heavy atom. The summed E-state index contributed by atoms with van der Waals surface area (Å²) < 4.78 is 91.4. The number of rotatable bonds is 7. The van der Waals surface area contributed by atoms with Crippen LogP contribution in [0.3, 0.4) is 0 Å². The van der Waals surface area contributed by atoms with Crippen LogP contribution in [0.1, 0.15) is 48.6 Å². The summed E-state index contributed by atoms with van der Waals surface area (Å²) in [5.74, 6) is -1.58. The molecule has 0 saturated heterocycles. The third-order valence-corrected chi connectivity index (χ3v) is 7.85. The third-order valence-electron chi connectivity index (χ3n) is 7.85. The van der Waals surface area contributed by atoms with Crippen LogP contribution in [0.15, 0.2) is 96.0 Å². The van der Waals surface area contributed by atoms with Crippen molar-refractivity contribution in [2.75, 3.05) is 0 Å². The minimum absolute atomic E-state index is 0.00425. The highest BCUT2D eigenvalue weighted by molar-refractivity contribution is 6.31. The van der Waals surface area contributed by atoms with Crippen LogP contribution in [-0.4, -0.2) is 40.5 Å². The molecule has 0 bridgehead atoms. The van der Waals surface area contributed by atoms with E-state index in [2.05, 4.69) is 4.99 Å². The number of carbonyl (C=O) groups excluding carboxylic acids is 3. The van der Waals surface area contributed by atoms with Gasteiger partial charge in [-0.25, -0.2) is 9.79 Å². The molecule has 1 unspecified atom stereocenters. The molecule has 1 aliphatic rings. The van der Waals surface area contributed by atoms with Crippen molar-refractivity contribution in [1.82, 2.24) is 4.90 Å². The number of ether oxygens (including phenoxy) is 2. The van der Waals surface area contributed by atoms with E-state index in [1.165, 1.54) is 18.2 Å². The number of carbonyl (C=O) groups is 3. The van der Waals surface area contributed by atoms with E-state index in [1.807, 2.05) is 54.6 Å². The molecule has 51 heavy (non-hydrogen) atoms. The fourth-order valence-electron chi connectivity index (χ4n) is 5.46. The molecule has 266 valence electrons. The van der Waals surface area contributed by atoms with E-state index < -0.39 is 52.9 Å². The van der Waals surface area contributed by atoms with Crippen molar-refractivity contribution in [1.29, 1.82) is 0 Å². The highest BCUT2D eigenvalue weighted by atomic mass is 19.4. The van der Waals surface area contributed by atoms with E-state index in [1.54, 1.807) is 20.8 Å². The maximum atomic E-state index is 13.6. The van der Waals surface area contributed by atoms with Crippen molar-refractivity contribution in [3.63, 3.8) is 0 Å². The lowest BCUT2D eigenvalue weighted by Crippen LogP contribution is -2.50. The van der Waals surface area contributed by atoms with Crippen molar-refractivity contribution in [3.05, 3.63) is 119 Å². The summed E-state index contributed by atoms with van der Waals surface area (Å²) in [5.41, 5.74) is -0.463. The summed E-state index contributed by atoms with van der Waals surface area (Å²) in [6, 6.07) is 21.0. The summed E-state index contributed by atoms with van der Waals surface area (Å²) in [6.45, 7) is 4.64. The van der Waals surface area contributed by atoms with E-state index >= 15 is 0 Å². The molecule has 1 atom stereocenters. The summed E-state index contributed by atoms with van der Waals surface area (Å²) in [4.78, 5) is 44.2. The van der Waals surface area contributed by atoms with Crippen LogP contribution >= 0.6 is 0 Å². The van der Waals surface area contributed by atoms with E-state index in [0.717, 1.165) is 21.6 Å². The molecule has 7 nitrogen and oxygen atoms in total. The molecule has 4 aromatic carbocycles. The Morgan fingerprint density at radius 2 is 1.39 bits per heavy atom. The van der Waals surface area contributed by atoms with Crippen LogP contribution < -0.4 is 4.74 Å². The van der Waals surface area contributed by atoms with Gasteiger partial charge in [-0.1, -0.05) is 60.7 Å². The van der Waals surface area contributed by atoms with Crippen LogP contribution in [0.2, 0.25) is 0 Å². The first-order valence-corrected chi connectivity index (χ1v) is 15.7. The first-order valence-electron chi connectivity index (χ1n) is 15.7. The van der Waals surface area contributed by atoms with E-state index in [-0.39, 0.29) is 36.9 Å². The normalized spacial score (nSPS) is 15.2. The number of nitrogens with zero attached hydrogens (tertiary/aromatic N) is 2. The van der Waals surface area contributed by atoms with Gasteiger partial charge in [-0.3, -0.25) is 14.5 Å². The second-order valence-corrected chi connectivity index (χ2v) is 12.9. The average molecular weight is 711 g/mol. The predicted molar refractivity (Wildman–Crippen MR) is 176 cm³/mol. The van der Waals surface area contributed by atoms with Gasteiger partial charge < -0.3 is 9.47 Å². The van der Waals surface area contributed by atoms with Crippen molar-refractivity contribution in [3.8, 4) is 22.6 Å². The fourth-order valence-corrected chi connectivity index (χ4v) is 5.46. The van der Waals surface area contributed by atoms with E-state index in [0.29, 0.717) is 29.5 Å². The maximum absolute atomic E-state index is 13.6. The first-order chi connectivity index (χ1) is 23.9. The Bertz CT molecular complexity index is 1920. The topological polar surface area (TPSA) is 85.3 Å². The SMILES string of the molecule is CC(C)(C)OC(=O)N1Cc2cc(Oc3cc(C(F)(F)F)cc(C(F)(F)F)c3)ccc2CC1C(=O)/N=C(\C=O)Cc1ccc(-c2ccccc2)cc1. The molecule has 0 N–H and O–H groups in total. The molecule has 0 aromatic heterocycles. The lowest BCUT2D eigenvalue weighted by atomic mass is 9.93. The Morgan fingerprint density at radius 1 is 0.784 bits per heavy atom. The lowest BCUT2D eigenvalue weighted by molar-refractivity contribution is -0.143. The van der Waals surface area contributed by atoms with Gasteiger partial charge >= 0.3 is 18.4 Å².